The molecule has 0 aliphatic carbocycles. The smallest absolute Gasteiger partial charge is 0.263 e. The van der Waals surface area contributed by atoms with Gasteiger partial charge in [-0.3, -0.25) is 9.71 Å². The van der Waals surface area contributed by atoms with Crippen LogP contribution in [0.3, 0.4) is 0 Å². The molecule has 1 aromatic heterocycles. The fraction of sp³-hybridized carbons (Fsp3) is 0.0833. The number of aromatic nitrogens is 1. The molecule has 0 fully saturated rings. The third-order valence-corrected chi connectivity index (χ3v) is 4.81. The Morgan fingerprint density at radius 3 is 2.62 bits per heavy atom. The number of anilines is 1. The van der Waals surface area contributed by atoms with E-state index in [2.05, 4.69) is 9.71 Å². The summed E-state index contributed by atoms with van der Waals surface area (Å²) < 4.78 is 40.2. The Bertz CT molecular complexity index is 784. The van der Waals surface area contributed by atoms with Gasteiger partial charge in [0.1, 0.15) is 4.90 Å². The van der Waals surface area contributed by atoms with Crippen LogP contribution in [0, 0.1) is 5.82 Å². The third-order valence-electron chi connectivity index (χ3n) is 2.63. The van der Waals surface area contributed by atoms with Gasteiger partial charge in [0.25, 0.3) is 10.0 Å². The van der Waals surface area contributed by atoms with Crippen molar-refractivity contribution in [3.8, 4) is 0 Å². The second-order valence-corrected chi connectivity index (χ2v) is 6.50. The van der Waals surface area contributed by atoms with Crippen LogP contribution in [-0.4, -0.2) is 13.4 Å². The van der Waals surface area contributed by atoms with Gasteiger partial charge in [-0.25, -0.2) is 12.8 Å². The minimum Gasteiger partial charge on any atom is -0.326 e. The van der Waals surface area contributed by atoms with E-state index in [4.69, 9.17) is 28.9 Å². The summed E-state index contributed by atoms with van der Waals surface area (Å²) in [6.45, 7) is 0.0438. The number of benzene rings is 1. The lowest BCUT2D eigenvalue weighted by Crippen LogP contribution is -2.15. The molecule has 0 amide bonds. The Balaban J connectivity index is 2.47. The van der Waals surface area contributed by atoms with Crippen LogP contribution in [0.25, 0.3) is 0 Å². The summed E-state index contributed by atoms with van der Waals surface area (Å²) in [5.74, 6) is -0.801. The van der Waals surface area contributed by atoms with Crippen molar-refractivity contribution in [1.29, 1.82) is 0 Å². The van der Waals surface area contributed by atoms with E-state index in [0.29, 0.717) is 5.56 Å². The molecule has 0 atom stereocenters. The third kappa shape index (κ3) is 3.44. The molecule has 0 saturated heterocycles. The highest BCUT2D eigenvalue weighted by atomic mass is 35.5. The lowest BCUT2D eigenvalue weighted by molar-refractivity contribution is 0.598. The first-order valence-corrected chi connectivity index (χ1v) is 7.89. The van der Waals surface area contributed by atoms with Crippen molar-refractivity contribution in [2.45, 2.75) is 11.4 Å². The highest BCUT2D eigenvalue weighted by Crippen LogP contribution is 2.30. The molecule has 2 rings (SSSR count). The Morgan fingerprint density at radius 1 is 1.29 bits per heavy atom. The molecule has 21 heavy (non-hydrogen) atoms. The average Bonchev–Trinajstić information content (AvgIpc) is 2.41. The summed E-state index contributed by atoms with van der Waals surface area (Å²) in [4.78, 5) is 3.30. The maximum Gasteiger partial charge on any atom is 0.263 e. The lowest BCUT2D eigenvalue weighted by Gasteiger charge is -2.12. The van der Waals surface area contributed by atoms with E-state index in [1.54, 1.807) is 0 Å². The van der Waals surface area contributed by atoms with Gasteiger partial charge in [-0.2, -0.15) is 0 Å². The molecule has 9 heteroatoms. The lowest BCUT2D eigenvalue weighted by atomic mass is 10.2. The SMILES string of the molecule is NCc1cc(S(=O)(=O)Nc2ccncc2F)c(Cl)cc1Cl. The van der Waals surface area contributed by atoms with Gasteiger partial charge in [0.2, 0.25) is 0 Å². The van der Waals surface area contributed by atoms with E-state index in [-0.39, 0.29) is 27.2 Å². The molecule has 0 aliphatic rings. The summed E-state index contributed by atoms with van der Waals surface area (Å²) in [5.41, 5.74) is 5.66. The molecule has 1 heterocycles. The maximum absolute atomic E-state index is 13.5. The van der Waals surface area contributed by atoms with E-state index in [1.165, 1.54) is 24.4 Å². The number of rotatable bonds is 4. The second-order valence-electron chi connectivity index (χ2n) is 4.04. The van der Waals surface area contributed by atoms with E-state index in [1.807, 2.05) is 0 Å². The summed E-state index contributed by atoms with van der Waals surface area (Å²) in [5, 5.41) is 0.177. The molecule has 0 radical (unpaired) electrons. The van der Waals surface area contributed by atoms with Crippen molar-refractivity contribution >= 4 is 38.9 Å². The molecule has 5 nitrogen and oxygen atoms in total. The zero-order valence-corrected chi connectivity index (χ0v) is 12.8. The van der Waals surface area contributed by atoms with E-state index < -0.39 is 15.8 Å². The van der Waals surface area contributed by atoms with Gasteiger partial charge in [0.05, 0.1) is 16.9 Å². The van der Waals surface area contributed by atoms with Crippen LogP contribution in [0.2, 0.25) is 10.0 Å². The van der Waals surface area contributed by atoms with Crippen molar-refractivity contribution in [2.75, 3.05) is 4.72 Å². The van der Waals surface area contributed by atoms with Gasteiger partial charge in [-0.05, 0) is 23.8 Å². The van der Waals surface area contributed by atoms with Crippen LogP contribution >= 0.6 is 23.2 Å². The Morgan fingerprint density at radius 2 is 2.00 bits per heavy atom. The molecule has 0 bridgehead atoms. The Kier molecular flexibility index (Phi) is 4.67. The number of nitrogens with one attached hydrogen (secondary N) is 1. The molecular formula is C12H10Cl2FN3O2S. The molecule has 1 aromatic carbocycles. The number of nitrogens with zero attached hydrogens (tertiary/aromatic N) is 1. The van der Waals surface area contributed by atoms with Gasteiger partial charge in [0, 0.05) is 17.8 Å². The number of hydrogen-bond acceptors (Lipinski definition) is 4. The van der Waals surface area contributed by atoms with Crippen LogP contribution in [0.15, 0.2) is 35.5 Å². The maximum atomic E-state index is 13.5. The quantitative estimate of drug-likeness (QED) is 0.888. The highest BCUT2D eigenvalue weighted by molar-refractivity contribution is 7.92. The fourth-order valence-electron chi connectivity index (χ4n) is 1.59. The van der Waals surface area contributed by atoms with Crippen molar-refractivity contribution in [1.82, 2.24) is 4.98 Å². The molecule has 0 unspecified atom stereocenters. The minimum atomic E-state index is -4.08. The summed E-state index contributed by atoms with van der Waals surface area (Å²) >= 11 is 11.8. The Hall–Kier alpha value is -1.41. The molecule has 112 valence electrons. The number of halogens is 3. The van der Waals surface area contributed by atoms with E-state index in [0.717, 1.165) is 6.20 Å². The predicted molar refractivity (Wildman–Crippen MR) is 79.4 cm³/mol. The van der Waals surface area contributed by atoms with Crippen molar-refractivity contribution < 1.29 is 12.8 Å². The zero-order chi connectivity index (χ0) is 15.6. The van der Waals surface area contributed by atoms with Crippen LogP contribution in [-0.2, 0) is 16.6 Å². The monoisotopic (exact) mass is 349 g/mol. The van der Waals surface area contributed by atoms with Gasteiger partial charge >= 0.3 is 0 Å². The van der Waals surface area contributed by atoms with Crippen molar-refractivity contribution in [3.05, 3.63) is 52.0 Å². The average molecular weight is 350 g/mol. The fourth-order valence-corrected chi connectivity index (χ4v) is 3.53. The topological polar surface area (TPSA) is 85.1 Å². The first kappa shape index (κ1) is 16.0. The molecular weight excluding hydrogens is 340 g/mol. The summed E-state index contributed by atoms with van der Waals surface area (Å²) in [6, 6.07) is 3.73. The first-order chi connectivity index (χ1) is 9.85. The molecule has 3 N–H and O–H groups in total. The highest BCUT2D eigenvalue weighted by Gasteiger charge is 2.21. The second kappa shape index (κ2) is 6.15. The number of nitrogens with two attached hydrogens (primary N) is 1. The van der Waals surface area contributed by atoms with Crippen LogP contribution in [0.4, 0.5) is 10.1 Å². The first-order valence-electron chi connectivity index (χ1n) is 5.65. The van der Waals surface area contributed by atoms with Crippen molar-refractivity contribution in [2.24, 2.45) is 5.73 Å². The predicted octanol–water partition coefficient (Wildman–Crippen LogP) is 2.79. The van der Waals surface area contributed by atoms with Crippen molar-refractivity contribution in [3.63, 3.8) is 0 Å². The van der Waals surface area contributed by atoms with Gasteiger partial charge in [-0.15, -0.1) is 0 Å². The molecule has 0 spiro atoms. The van der Waals surface area contributed by atoms with Crippen LogP contribution in [0.1, 0.15) is 5.56 Å². The standard InChI is InChI=1S/C12H10Cl2FN3O2S/c13-8-4-9(14)12(3-7(8)5-16)21(19,20)18-11-1-2-17-6-10(11)15/h1-4,6H,5,16H2,(H,17,18). The van der Waals surface area contributed by atoms with Crippen LogP contribution in [0.5, 0.6) is 0 Å². The number of hydrogen-bond donors (Lipinski definition) is 2. The van der Waals surface area contributed by atoms with E-state index in [9.17, 15) is 12.8 Å². The van der Waals surface area contributed by atoms with Gasteiger partial charge in [-0.1, -0.05) is 23.2 Å². The van der Waals surface area contributed by atoms with E-state index >= 15 is 0 Å². The molecule has 2 aromatic rings. The minimum absolute atomic E-state index is 0.0438. The number of sulfonamides is 1. The zero-order valence-electron chi connectivity index (χ0n) is 10.5. The van der Waals surface area contributed by atoms with Crippen LogP contribution < -0.4 is 10.5 Å². The largest absolute Gasteiger partial charge is 0.326 e. The van der Waals surface area contributed by atoms with Gasteiger partial charge in [0.15, 0.2) is 5.82 Å². The van der Waals surface area contributed by atoms with Gasteiger partial charge < -0.3 is 5.73 Å². The number of pyridine rings is 1. The molecule has 0 saturated carbocycles. The normalized spacial score (nSPS) is 11.4. The summed E-state index contributed by atoms with van der Waals surface area (Å²) in [7, 11) is -4.08. The Labute approximate surface area is 130 Å². The summed E-state index contributed by atoms with van der Waals surface area (Å²) in [6.07, 6.45) is 2.16. The molecule has 0 aliphatic heterocycles.